The average molecular weight is 216 g/mol. The van der Waals surface area contributed by atoms with Gasteiger partial charge in [0, 0.05) is 5.56 Å². The molecule has 1 heteroatoms. The highest BCUT2D eigenvalue weighted by molar-refractivity contribution is 5.66. The number of ether oxygens (including phenoxy) is 1. The van der Waals surface area contributed by atoms with E-state index in [0.717, 1.165) is 5.75 Å². The number of hydrogen-bond acceptors (Lipinski definition) is 1. The zero-order valence-corrected chi connectivity index (χ0v) is 10.6. The lowest BCUT2D eigenvalue weighted by molar-refractivity contribution is 0.441. The van der Waals surface area contributed by atoms with Gasteiger partial charge in [-0.25, -0.2) is 0 Å². The Bertz CT molecular complexity index is 400. The van der Waals surface area contributed by atoms with Crippen LogP contribution in [0.5, 0.6) is 5.75 Å². The second-order valence-electron chi connectivity index (χ2n) is 3.82. The van der Waals surface area contributed by atoms with Gasteiger partial charge in [-0.05, 0) is 29.7 Å². The molecule has 1 aliphatic rings. The van der Waals surface area contributed by atoms with Crippen molar-refractivity contribution in [2.45, 2.75) is 33.6 Å². The smallest absolute Gasteiger partial charge is 0.134 e. The summed E-state index contributed by atoms with van der Waals surface area (Å²) in [6, 6.07) is 6.15. The number of allylic oxidation sites excluding steroid dienone is 1. The van der Waals surface area contributed by atoms with Crippen LogP contribution in [0, 0.1) is 0 Å². The fraction of sp³-hybridized carbons (Fsp3) is 0.333. The third-order valence-electron chi connectivity index (χ3n) is 2.40. The standard InChI is InChI=1S/C13H14O.C2H6/c1-9(2)11-5-4-6-13-12(11)8-7-10(3)14-13;1-2/h4-9H,3H2,1-2H3;1-2H3. The van der Waals surface area contributed by atoms with Crippen LogP contribution in [0.25, 0.3) is 6.08 Å². The zero-order chi connectivity index (χ0) is 12.1. The van der Waals surface area contributed by atoms with E-state index in [1.807, 2.05) is 32.1 Å². The van der Waals surface area contributed by atoms with Crippen molar-refractivity contribution in [2.24, 2.45) is 0 Å². The highest BCUT2D eigenvalue weighted by atomic mass is 16.5. The molecule has 0 aliphatic carbocycles. The Morgan fingerprint density at radius 2 is 1.81 bits per heavy atom. The van der Waals surface area contributed by atoms with Gasteiger partial charge in [0.25, 0.3) is 0 Å². The van der Waals surface area contributed by atoms with Crippen molar-refractivity contribution in [3.63, 3.8) is 0 Å². The molecule has 0 saturated carbocycles. The molecule has 0 fully saturated rings. The van der Waals surface area contributed by atoms with E-state index in [9.17, 15) is 0 Å². The molecule has 0 saturated heterocycles. The molecule has 0 atom stereocenters. The molecule has 0 bridgehead atoms. The van der Waals surface area contributed by atoms with E-state index in [4.69, 9.17) is 4.74 Å². The van der Waals surface area contributed by atoms with Gasteiger partial charge in [0.2, 0.25) is 0 Å². The van der Waals surface area contributed by atoms with E-state index in [1.54, 1.807) is 0 Å². The first kappa shape index (κ1) is 12.6. The summed E-state index contributed by atoms with van der Waals surface area (Å²) in [7, 11) is 0. The molecule has 1 aromatic carbocycles. The summed E-state index contributed by atoms with van der Waals surface area (Å²) in [4.78, 5) is 0. The minimum atomic E-state index is 0.518. The van der Waals surface area contributed by atoms with Gasteiger partial charge in [0.05, 0.1) is 0 Å². The van der Waals surface area contributed by atoms with E-state index in [-0.39, 0.29) is 0 Å². The van der Waals surface area contributed by atoms with Crippen molar-refractivity contribution in [3.8, 4) is 5.75 Å². The summed E-state index contributed by atoms with van der Waals surface area (Å²) in [5, 5.41) is 0. The first-order valence-electron chi connectivity index (χ1n) is 5.86. The Kier molecular flexibility index (Phi) is 4.36. The lowest BCUT2D eigenvalue weighted by atomic mass is 9.95. The first-order chi connectivity index (χ1) is 7.68. The van der Waals surface area contributed by atoms with Crippen LogP contribution >= 0.6 is 0 Å². The van der Waals surface area contributed by atoms with Crippen LogP contribution in [-0.2, 0) is 0 Å². The van der Waals surface area contributed by atoms with Crippen LogP contribution in [0.2, 0.25) is 0 Å². The molecule has 0 spiro atoms. The van der Waals surface area contributed by atoms with Gasteiger partial charge in [-0.1, -0.05) is 46.4 Å². The zero-order valence-electron chi connectivity index (χ0n) is 10.6. The van der Waals surface area contributed by atoms with E-state index >= 15 is 0 Å². The first-order valence-corrected chi connectivity index (χ1v) is 5.86. The maximum atomic E-state index is 5.54. The van der Waals surface area contributed by atoms with Crippen molar-refractivity contribution in [1.82, 2.24) is 0 Å². The minimum Gasteiger partial charge on any atom is -0.457 e. The molecule has 16 heavy (non-hydrogen) atoms. The second kappa shape index (κ2) is 5.55. The van der Waals surface area contributed by atoms with Crippen molar-refractivity contribution in [3.05, 3.63) is 47.7 Å². The van der Waals surface area contributed by atoms with Crippen molar-refractivity contribution in [1.29, 1.82) is 0 Å². The van der Waals surface area contributed by atoms with Gasteiger partial charge in [-0.2, -0.15) is 0 Å². The molecule has 86 valence electrons. The highest BCUT2D eigenvalue weighted by Gasteiger charge is 2.13. The number of rotatable bonds is 1. The Balaban J connectivity index is 0.000000606. The van der Waals surface area contributed by atoms with E-state index in [0.29, 0.717) is 11.7 Å². The lowest BCUT2D eigenvalue weighted by Crippen LogP contribution is -2.01. The molecular formula is C15H20O. The van der Waals surface area contributed by atoms with Gasteiger partial charge in [-0.3, -0.25) is 0 Å². The van der Waals surface area contributed by atoms with Crippen LogP contribution in [0.3, 0.4) is 0 Å². The van der Waals surface area contributed by atoms with E-state index < -0.39 is 0 Å². The van der Waals surface area contributed by atoms with Crippen LogP contribution in [0.15, 0.2) is 36.6 Å². The largest absolute Gasteiger partial charge is 0.457 e. The summed E-state index contributed by atoms with van der Waals surface area (Å²) >= 11 is 0. The molecule has 0 aromatic heterocycles. The SMILES string of the molecule is C=C1C=Cc2c(cccc2C(C)C)O1.CC. The predicted octanol–water partition coefficient (Wildman–Crippen LogP) is 4.76. The molecule has 1 aliphatic heterocycles. The maximum absolute atomic E-state index is 5.54. The molecule has 0 unspecified atom stereocenters. The molecule has 0 radical (unpaired) electrons. The van der Waals surface area contributed by atoms with Crippen LogP contribution in [0.1, 0.15) is 44.7 Å². The molecular weight excluding hydrogens is 196 g/mol. The molecule has 1 nitrogen and oxygen atoms in total. The highest BCUT2D eigenvalue weighted by Crippen LogP contribution is 2.33. The van der Waals surface area contributed by atoms with E-state index in [1.165, 1.54) is 11.1 Å². The minimum absolute atomic E-state index is 0.518. The number of hydrogen-bond donors (Lipinski definition) is 0. The van der Waals surface area contributed by atoms with Crippen molar-refractivity contribution >= 4 is 6.08 Å². The number of fused-ring (bicyclic) bond motifs is 1. The van der Waals surface area contributed by atoms with Crippen LogP contribution in [0.4, 0.5) is 0 Å². The van der Waals surface area contributed by atoms with Gasteiger partial charge >= 0.3 is 0 Å². The summed E-state index contributed by atoms with van der Waals surface area (Å²) in [5.74, 6) is 2.15. The Morgan fingerprint density at radius 1 is 1.12 bits per heavy atom. The van der Waals surface area contributed by atoms with E-state index in [2.05, 4.69) is 32.6 Å². The average Bonchev–Trinajstić information content (AvgIpc) is 2.30. The fourth-order valence-electron chi connectivity index (χ4n) is 1.68. The Morgan fingerprint density at radius 3 is 2.44 bits per heavy atom. The maximum Gasteiger partial charge on any atom is 0.134 e. The molecule has 1 heterocycles. The quantitative estimate of drug-likeness (QED) is 0.658. The van der Waals surface area contributed by atoms with Crippen molar-refractivity contribution < 1.29 is 4.74 Å². The Labute approximate surface area is 98.5 Å². The third-order valence-corrected chi connectivity index (χ3v) is 2.40. The van der Waals surface area contributed by atoms with Gasteiger partial charge in [0.1, 0.15) is 11.5 Å². The molecule has 0 N–H and O–H groups in total. The van der Waals surface area contributed by atoms with Crippen LogP contribution < -0.4 is 4.74 Å². The predicted molar refractivity (Wildman–Crippen MR) is 70.7 cm³/mol. The summed E-state index contributed by atoms with van der Waals surface area (Å²) in [5.41, 5.74) is 2.51. The van der Waals surface area contributed by atoms with Gasteiger partial charge in [0.15, 0.2) is 0 Å². The third kappa shape index (κ3) is 2.54. The summed E-state index contributed by atoms with van der Waals surface area (Å²) < 4.78 is 5.54. The number of benzene rings is 1. The van der Waals surface area contributed by atoms with Gasteiger partial charge < -0.3 is 4.74 Å². The molecule has 1 aromatic rings. The fourth-order valence-corrected chi connectivity index (χ4v) is 1.68. The monoisotopic (exact) mass is 216 g/mol. The topological polar surface area (TPSA) is 9.23 Å². The van der Waals surface area contributed by atoms with Crippen molar-refractivity contribution in [2.75, 3.05) is 0 Å². The Hall–Kier alpha value is -1.50. The summed E-state index contributed by atoms with van der Waals surface area (Å²) in [6.45, 7) is 12.2. The van der Waals surface area contributed by atoms with Crippen LogP contribution in [-0.4, -0.2) is 0 Å². The normalized spacial score (nSPS) is 12.7. The molecule has 0 amide bonds. The molecule has 2 rings (SSSR count). The van der Waals surface area contributed by atoms with Gasteiger partial charge in [-0.15, -0.1) is 0 Å². The summed E-state index contributed by atoms with van der Waals surface area (Å²) in [6.07, 6.45) is 3.99. The second-order valence-corrected chi connectivity index (χ2v) is 3.82. The lowest BCUT2D eigenvalue weighted by Gasteiger charge is -2.18.